The first kappa shape index (κ1) is 20.1. The van der Waals surface area contributed by atoms with Crippen molar-refractivity contribution in [3.63, 3.8) is 0 Å². The van der Waals surface area contributed by atoms with Crippen LogP contribution >= 0.6 is 12.4 Å². The third-order valence-electron chi connectivity index (χ3n) is 5.12. The maximum absolute atomic E-state index is 12.6. The molecular weight excluding hydrogens is 376 g/mol. The monoisotopic (exact) mass is 400 g/mol. The topological polar surface area (TPSA) is 76.8 Å². The summed E-state index contributed by atoms with van der Waals surface area (Å²) in [7, 11) is 1.90. The lowest BCUT2D eigenvalue weighted by atomic mass is 9.90. The van der Waals surface area contributed by atoms with Gasteiger partial charge in [0.15, 0.2) is 0 Å². The van der Waals surface area contributed by atoms with Crippen LogP contribution in [0.2, 0.25) is 0 Å². The Kier molecular flexibility index (Phi) is 6.49. The van der Waals surface area contributed by atoms with Gasteiger partial charge < -0.3 is 10.6 Å². The van der Waals surface area contributed by atoms with Crippen LogP contribution in [0.3, 0.4) is 0 Å². The van der Waals surface area contributed by atoms with Crippen LogP contribution in [0.5, 0.6) is 0 Å². The summed E-state index contributed by atoms with van der Waals surface area (Å²) >= 11 is 0. The number of halogens is 1. The van der Waals surface area contributed by atoms with Gasteiger partial charge in [0.25, 0.3) is 0 Å². The van der Waals surface area contributed by atoms with E-state index in [9.17, 15) is 4.79 Å². The van der Waals surface area contributed by atoms with Gasteiger partial charge in [0.2, 0.25) is 5.91 Å². The number of aromatic nitrogens is 4. The number of benzene rings is 1. The Balaban J connectivity index is 0.00000225. The zero-order chi connectivity index (χ0) is 18.6. The summed E-state index contributed by atoms with van der Waals surface area (Å²) in [5.74, 6) is 0.255. The Morgan fingerprint density at radius 2 is 2.07 bits per heavy atom. The van der Waals surface area contributed by atoms with Crippen LogP contribution in [0.1, 0.15) is 17.0 Å². The molecule has 1 saturated heterocycles. The second kappa shape index (κ2) is 9.03. The lowest BCUT2D eigenvalue weighted by Gasteiger charge is -2.17. The Labute approximate surface area is 170 Å². The van der Waals surface area contributed by atoms with E-state index in [1.165, 1.54) is 5.56 Å². The normalized spacial score (nSPS) is 18.6. The highest BCUT2D eigenvalue weighted by atomic mass is 35.5. The lowest BCUT2D eigenvalue weighted by Crippen LogP contribution is -2.35. The molecule has 3 aromatic rings. The van der Waals surface area contributed by atoms with Crippen LogP contribution in [-0.4, -0.2) is 45.1 Å². The van der Waals surface area contributed by atoms with E-state index in [4.69, 9.17) is 0 Å². The smallest absolute Gasteiger partial charge is 0.225 e. The summed E-state index contributed by atoms with van der Waals surface area (Å²) in [5, 5.41) is 14.9. The fourth-order valence-electron chi connectivity index (χ4n) is 3.63. The summed E-state index contributed by atoms with van der Waals surface area (Å²) in [6.45, 7) is 2.17. The molecule has 8 heteroatoms. The number of hydrogen-bond donors (Lipinski definition) is 2. The second-order valence-electron chi connectivity index (χ2n) is 6.98. The van der Waals surface area contributed by atoms with Gasteiger partial charge in [0.05, 0.1) is 17.8 Å². The van der Waals surface area contributed by atoms with Crippen molar-refractivity contribution in [1.82, 2.24) is 30.2 Å². The average molecular weight is 401 g/mol. The van der Waals surface area contributed by atoms with Crippen molar-refractivity contribution in [2.75, 3.05) is 19.6 Å². The van der Waals surface area contributed by atoms with Crippen molar-refractivity contribution in [2.24, 2.45) is 13.0 Å². The molecule has 1 fully saturated rings. The van der Waals surface area contributed by atoms with Crippen LogP contribution < -0.4 is 10.6 Å². The fraction of sp³-hybridized carbons (Fsp3) is 0.350. The highest BCUT2D eigenvalue weighted by Crippen LogP contribution is 2.27. The van der Waals surface area contributed by atoms with Gasteiger partial charge in [0.1, 0.15) is 0 Å². The molecule has 28 heavy (non-hydrogen) atoms. The van der Waals surface area contributed by atoms with Crippen LogP contribution in [0.25, 0.3) is 5.69 Å². The number of carbonyl (C=O) groups is 1. The van der Waals surface area contributed by atoms with Gasteiger partial charge >= 0.3 is 0 Å². The van der Waals surface area contributed by atoms with Crippen LogP contribution in [0.15, 0.2) is 55.1 Å². The predicted molar refractivity (Wildman–Crippen MR) is 110 cm³/mol. The summed E-state index contributed by atoms with van der Waals surface area (Å²) in [6.07, 6.45) is 8.35. The Hall–Kier alpha value is -2.64. The van der Waals surface area contributed by atoms with E-state index < -0.39 is 0 Å². The van der Waals surface area contributed by atoms with Crippen molar-refractivity contribution in [3.8, 4) is 5.69 Å². The SMILES string of the molecule is Cl.Cn1cc([C@H]2CNC[C@@H]2C(=O)NCCc2ccc(-n3cccn3)cc2)cn1. The Bertz CT molecular complexity index is 890. The summed E-state index contributed by atoms with van der Waals surface area (Å²) < 4.78 is 3.62. The summed E-state index contributed by atoms with van der Waals surface area (Å²) in [6, 6.07) is 10.2. The van der Waals surface area contributed by atoms with E-state index in [0.717, 1.165) is 24.2 Å². The number of rotatable bonds is 6. The first-order valence-electron chi connectivity index (χ1n) is 9.26. The van der Waals surface area contributed by atoms with Gasteiger partial charge in [-0.3, -0.25) is 9.48 Å². The number of carbonyl (C=O) groups excluding carboxylic acids is 1. The molecule has 3 heterocycles. The van der Waals surface area contributed by atoms with Crippen molar-refractivity contribution >= 4 is 18.3 Å². The van der Waals surface area contributed by atoms with Crippen molar-refractivity contribution in [2.45, 2.75) is 12.3 Å². The predicted octanol–water partition coefficient (Wildman–Crippen LogP) is 1.69. The summed E-state index contributed by atoms with van der Waals surface area (Å²) in [4.78, 5) is 12.6. The molecule has 0 unspecified atom stereocenters. The van der Waals surface area contributed by atoms with Crippen molar-refractivity contribution < 1.29 is 4.79 Å². The standard InChI is InChI=1S/C20H24N6O.ClH/c1-25-14-16(11-24-25)18-12-21-13-19(18)20(27)22-9-7-15-3-5-17(6-4-15)26-10-2-8-23-26;/h2-6,8,10-11,14,18-19,21H,7,9,12-13H2,1H3,(H,22,27);1H/t18-,19+;/m1./s1. The molecule has 0 aliphatic carbocycles. The number of amides is 1. The Morgan fingerprint density at radius 3 is 2.75 bits per heavy atom. The molecule has 1 aliphatic heterocycles. The summed E-state index contributed by atoms with van der Waals surface area (Å²) in [5.41, 5.74) is 3.35. The molecule has 148 valence electrons. The molecule has 7 nitrogen and oxygen atoms in total. The maximum atomic E-state index is 12.6. The van der Waals surface area contributed by atoms with Gasteiger partial charge in [-0.05, 0) is 35.7 Å². The molecule has 0 bridgehead atoms. The molecule has 0 saturated carbocycles. The fourth-order valence-corrected chi connectivity index (χ4v) is 3.63. The number of nitrogens with one attached hydrogen (secondary N) is 2. The quantitative estimate of drug-likeness (QED) is 0.660. The molecular formula is C20H25ClN6O. The van der Waals surface area contributed by atoms with Crippen LogP contribution in [-0.2, 0) is 18.3 Å². The van der Waals surface area contributed by atoms with Crippen LogP contribution in [0.4, 0.5) is 0 Å². The lowest BCUT2D eigenvalue weighted by molar-refractivity contribution is -0.124. The highest BCUT2D eigenvalue weighted by molar-refractivity contribution is 5.85. The maximum Gasteiger partial charge on any atom is 0.225 e. The van der Waals surface area contributed by atoms with Gasteiger partial charge in [-0.15, -0.1) is 12.4 Å². The third kappa shape index (κ3) is 4.43. The molecule has 0 radical (unpaired) electrons. The van der Waals surface area contributed by atoms with Gasteiger partial charge in [-0.2, -0.15) is 10.2 Å². The average Bonchev–Trinajstić information content (AvgIpc) is 3.43. The number of hydrogen-bond acceptors (Lipinski definition) is 4. The highest BCUT2D eigenvalue weighted by Gasteiger charge is 2.34. The van der Waals surface area contributed by atoms with Crippen LogP contribution in [0, 0.1) is 5.92 Å². The first-order chi connectivity index (χ1) is 13.2. The minimum atomic E-state index is -0.0450. The van der Waals surface area contributed by atoms with Gasteiger partial charge in [0, 0.05) is 51.2 Å². The molecule has 0 spiro atoms. The minimum absolute atomic E-state index is 0. The number of nitrogens with zero attached hydrogens (tertiary/aromatic N) is 4. The molecule has 2 atom stereocenters. The minimum Gasteiger partial charge on any atom is -0.355 e. The molecule has 1 aromatic carbocycles. The van der Waals surface area contributed by atoms with Crippen molar-refractivity contribution in [3.05, 3.63) is 66.2 Å². The molecule has 2 aromatic heterocycles. The zero-order valence-electron chi connectivity index (χ0n) is 15.8. The van der Waals surface area contributed by atoms with E-state index in [-0.39, 0.29) is 30.2 Å². The molecule has 1 amide bonds. The van der Waals surface area contributed by atoms with E-state index in [1.807, 2.05) is 48.5 Å². The second-order valence-corrected chi connectivity index (χ2v) is 6.98. The first-order valence-corrected chi connectivity index (χ1v) is 9.26. The largest absolute Gasteiger partial charge is 0.355 e. The molecule has 1 aliphatic rings. The van der Waals surface area contributed by atoms with Crippen molar-refractivity contribution in [1.29, 1.82) is 0 Å². The van der Waals surface area contributed by atoms with E-state index in [1.54, 1.807) is 10.9 Å². The van der Waals surface area contributed by atoms with E-state index in [0.29, 0.717) is 13.1 Å². The van der Waals surface area contributed by atoms with Gasteiger partial charge in [-0.1, -0.05) is 12.1 Å². The zero-order valence-corrected chi connectivity index (χ0v) is 16.6. The van der Waals surface area contributed by atoms with E-state index >= 15 is 0 Å². The van der Waals surface area contributed by atoms with E-state index in [2.05, 4.69) is 33.0 Å². The molecule has 2 N–H and O–H groups in total. The molecule has 4 rings (SSSR count). The van der Waals surface area contributed by atoms with Gasteiger partial charge in [-0.25, -0.2) is 4.68 Å². The number of aryl methyl sites for hydroxylation is 1. The third-order valence-corrected chi connectivity index (χ3v) is 5.12. The Morgan fingerprint density at radius 1 is 1.25 bits per heavy atom.